The summed E-state index contributed by atoms with van der Waals surface area (Å²) in [5.74, 6) is 0. The Morgan fingerprint density at radius 2 is 1.73 bits per heavy atom. The first-order valence-electron chi connectivity index (χ1n) is 14.8. The third kappa shape index (κ3) is 5.71. The zero-order valence-electron chi connectivity index (χ0n) is 24.2. The number of amides is 1. The van der Waals surface area contributed by atoms with Gasteiger partial charge < -0.3 is 23.9 Å². The van der Waals surface area contributed by atoms with Crippen LogP contribution in [0.2, 0.25) is 0 Å². The van der Waals surface area contributed by atoms with E-state index in [1.807, 2.05) is 39.7 Å². The minimum atomic E-state index is -0.270. The highest BCUT2D eigenvalue weighted by Crippen LogP contribution is 2.37. The molecule has 0 aliphatic carbocycles. The maximum atomic E-state index is 12.9. The van der Waals surface area contributed by atoms with Crippen molar-refractivity contribution in [1.29, 1.82) is 5.41 Å². The molecule has 1 amide bonds. The normalized spacial score (nSPS) is 18.8. The van der Waals surface area contributed by atoms with Crippen molar-refractivity contribution in [2.75, 3.05) is 39.4 Å². The maximum Gasteiger partial charge on any atom is 0.410 e. The van der Waals surface area contributed by atoms with Crippen LogP contribution in [0.25, 0.3) is 11.2 Å². The molecule has 2 fully saturated rings. The maximum absolute atomic E-state index is 12.9. The average Bonchev–Trinajstić information content (AvgIpc) is 3.86. The van der Waals surface area contributed by atoms with E-state index >= 15 is 0 Å². The summed E-state index contributed by atoms with van der Waals surface area (Å²) in [6.07, 6.45) is 5.47. The molecule has 0 bridgehead atoms. The number of ether oxygens (including phenoxy) is 2. The first kappa shape index (κ1) is 27.9. The fourth-order valence-electron chi connectivity index (χ4n) is 6.12. The number of carbonyl (C=O) groups excluding carboxylic acids is 1. The molecule has 3 aromatic heterocycles. The number of piperazine rings is 1. The quantitative estimate of drug-likeness (QED) is 0.279. The second kappa shape index (κ2) is 12.4. The molecule has 7 rings (SSSR count). The van der Waals surface area contributed by atoms with Crippen LogP contribution in [0.1, 0.15) is 35.3 Å². The van der Waals surface area contributed by atoms with Gasteiger partial charge in [-0.1, -0.05) is 65.9 Å². The van der Waals surface area contributed by atoms with Crippen molar-refractivity contribution in [1.82, 2.24) is 44.3 Å². The molecule has 0 spiro atoms. The largest absolute Gasteiger partial charge is 0.444 e. The first-order valence-corrected chi connectivity index (χ1v) is 14.8. The number of imidazole rings is 1. The zero-order chi connectivity index (χ0) is 29.9. The van der Waals surface area contributed by atoms with Gasteiger partial charge in [-0.05, 0) is 11.1 Å². The van der Waals surface area contributed by atoms with Crippen LogP contribution in [0.4, 0.5) is 4.79 Å². The summed E-state index contributed by atoms with van der Waals surface area (Å²) in [6, 6.07) is 20.5. The molecular formula is C31H34N10O3. The Labute approximate surface area is 253 Å². The SMILES string of the molecule is N=c1ncn(Cc2cn([C@@H](c3ccccc3)[C@@H](c3ccccc3)N3CCN(C(=O)OC4CCOC4)CC3)nn2)c2nc[nH]c12. The van der Waals surface area contributed by atoms with Crippen LogP contribution < -0.4 is 5.49 Å². The van der Waals surface area contributed by atoms with Gasteiger partial charge in [0.15, 0.2) is 11.1 Å². The highest BCUT2D eigenvalue weighted by Gasteiger charge is 2.36. The van der Waals surface area contributed by atoms with Crippen molar-refractivity contribution >= 4 is 17.3 Å². The number of fused-ring (bicyclic) bond motifs is 1. The van der Waals surface area contributed by atoms with Crippen LogP contribution in [0.15, 0.2) is 79.5 Å². The minimum Gasteiger partial charge on any atom is -0.444 e. The van der Waals surface area contributed by atoms with Crippen LogP contribution in [0.5, 0.6) is 0 Å². The lowest BCUT2D eigenvalue weighted by molar-refractivity contribution is 0.0298. The van der Waals surface area contributed by atoms with E-state index in [2.05, 4.69) is 66.6 Å². The van der Waals surface area contributed by atoms with Gasteiger partial charge >= 0.3 is 6.09 Å². The standard InChI is InChI=1S/C31H34N10O3/c32-29-26-30(34-20-33-26)40(21-35-29)17-24-18-41(37-36-24)28(23-9-5-2-6-10-23)27(22-7-3-1-4-8-22)38-12-14-39(15-13-38)31(42)44-25-11-16-43-19-25/h1-10,18,20-21,25,27-28,32H,11-17,19H2,(H,33,34)/t25?,27-,28+/m1/s1. The molecule has 2 aliphatic heterocycles. The van der Waals surface area contributed by atoms with E-state index in [1.54, 1.807) is 17.6 Å². The molecule has 3 atom stereocenters. The fourth-order valence-corrected chi connectivity index (χ4v) is 6.12. The van der Waals surface area contributed by atoms with Crippen LogP contribution in [-0.2, 0) is 16.0 Å². The monoisotopic (exact) mass is 594 g/mol. The van der Waals surface area contributed by atoms with Crippen LogP contribution in [-0.4, -0.2) is 95.9 Å². The predicted molar refractivity (Wildman–Crippen MR) is 159 cm³/mol. The summed E-state index contributed by atoms with van der Waals surface area (Å²) in [5.41, 5.74) is 4.36. The van der Waals surface area contributed by atoms with Gasteiger partial charge in [-0.3, -0.25) is 10.3 Å². The molecule has 0 radical (unpaired) electrons. The van der Waals surface area contributed by atoms with E-state index in [9.17, 15) is 4.79 Å². The summed E-state index contributed by atoms with van der Waals surface area (Å²) in [6.45, 7) is 3.99. The lowest BCUT2D eigenvalue weighted by Gasteiger charge is -2.42. The molecule has 2 aliphatic rings. The van der Waals surface area contributed by atoms with Crippen molar-refractivity contribution in [2.24, 2.45) is 0 Å². The van der Waals surface area contributed by atoms with Crippen molar-refractivity contribution in [3.63, 3.8) is 0 Å². The number of carbonyl (C=O) groups is 1. The highest BCUT2D eigenvalue weighted by atomic mass is 16.6. The summed E-state index contributed by atoms with van der Waals surface area (Å²) in [5, 5.41) is 17.3. The molecule has 2 aromatic carbocycles. The van der Waals surface area contributed by atoms with Gasteiger partial charge in [0.2, 0.25) is 0 Å². The van der Waals surface area contributed by atoms with Crippen LogP contribution in [0.3, 0.4) is 0 Å². The first-order chi connectivity index (χ1) is 21.6. The van der Waals surface area contributed by atoms with Gasteiger partial charge in [0.25, 0.3) is 0 Å². The third-order valence-electron chi connectivity index (χ3n) is 8.33. The molecular weight excluding hydrogens is 560 g/mol. The minimum absolute atomic E-state index is 0.0792. The molecule has 5 aromatic rings. The van der Waals surface area contributed by atoms with Crippen molar-refractivity contribution in [2.45, 2.75) is 31.2 Å². The second-order valence-corrected chi connectivity index (χ2v) is 11.1. The second-order valence-electron chi connectivity index (χ2n) is 11.1. The van der Waals surface area contributed by atoms with Gasteiger partial charge in [0, 0.05) is 32.6 Å². The Kier molecular flexibility index (Phi) is 7.86. The number of hydrogen-bond acceptors (Lipinski definition) is 9. The number of nitrogens with one attached hydrogen (secondary N) is 2. The van der Waals surface area contributed by atoms with E-state index in [0.717, 1.165) is 23.2 Å². The molecule has 2 N–H and O–H groups in total. The van der Waals surface area contributed by atoms with Gasteiger partial charge in [-0.2, -0.15) is 0 Å². The Hall–Kier alpha value is -4.88. The van der Waals surface area contributed by atoms with Crippen molar-refractivity contribution in [3.05, 3.63) is 102 Å². The third-order valence-corrected chi connectivity index (χ3v) is 8.33. The van der Waals surface area contributed by atoms with Crippen LogP contribution in [0, 0.1) is 5.41 Å². The van der Waals surface area contributed by atoms with Gasteiger partial charge in [-0.15, -0.1) is 5.10 Å². The van der Waals surface area contributed by atoms with E-state index in [-0.39, 0.29) is 29.8 Å². The summed E-state index contributed by atoms with van der Waals surface area (Å²) < 4.78 is 14.9. The van der Waals surface area contributed by atoms with Gasteiger partial charge in [0.05, 0.1) is 50.7 Å². The summed E-state index contributed by atoms with van der Waals surface area (Å²) >= 11 is 0. The lowest BCUT2D eigenvalue weighted by atomic mass is 9.91. The Morgan fingerprint density at radius 1 is 1.00 bits per heavy atom. The Morgan fingerprint density at radius 3 is 2.43 bits per heavy atom. The molecule has 2 saturated heterocycles. The number of hydrogen-bond donors (Lipinski definition) is 2. The average molecular weight is 595 g/mol. The fraction of sp³-hybridized carbons (Fsp3) is 0.355. The lowest BCUT2D eigenvalue weighted by Crippen LogP contribution is -2.51. The molecule has 226 valence electrons. The number of nitrogens with zero attached hydrogens (tertiary/aromatic N) is 8. The molecule has 13 nitrogen and oxygen atoms in total. The molecule has 13 heteroatoms. The van der Waals surface area contributed by atoms with Crippen molar-refractivity contribution < 1.29 is 14.3 Å². The van der Waals surface area contributed by atoms with Crippen LogP contribution >= 0.6 is 0 Å². The van der Waals surface area contributed by atoms with E-state index in [1.165, 1.54) is 0 Å². The predicted octanol–water partition coefficient (Wildman–Crippen LogP) is 2.75. The Bertz CT molecular complexity index is 1760. The van der Waals surface area contributed by atoms with E-state index < -0.39 is 0 Å². The summed E-state index contributed by atoms with van der Waals surface area (Å²) in [4.78, 5) is 28.7. The van der Waals surface area contributed by atoms with Gasteiger partial charge in [0.1, 0.15) is 17.3 Å². The zero-order valence-corrected chi connectivity index (χ0v) is 24.2. The van der Waals surface area contributed by atoms with Crippen molar-refractivity contribution in [3.8, 4) is 0 Å². The highest BCUT2D eigenvalue weighted by molar-refractivity contribution is 5.68. The van der Waals surface area contributed by atoms with Gasteiger partial charge in [-0.25, -0.2) is 19.4 Å². The topological polar surface area (TPSA) is 143 Å². The number of aromatic nitrogens is 7. The number of H-pyrrole nitrogens is 1. The molecule has 44 heavy (non-hydrogen) atoms. The summed E-state index contributed by atoms with van der Waals surface area (Å²) in [7, 11) is 0. The molecule has 0 saturated carbocycles. The Balaban J connectivity index is 1.18. The van der Waals surface area contributed by atoms with E-state index in [0.29, 0.717) is 57.1 Å². The smallest absolute Gasteiger partial charge is 0.410 e. The number of benzene rings is 2. The number of aromatic amines is 1. The van der Waals surface area contributed by atoms with E-state index in [4.69, 9.17) is 14.9 Å². The molecule has 1 unspecified atom stereocenters. The molecule has 5 heterocycles. The number of rotatable bonds is 8.